The molecule has 0 bridgehead atoms. The van der Waals surface area contributed by atoms with Crippen LogP contribution in [0.2, 0.25) is 0 Å². The fourth-order valence-corrected chi connectivity index (χ4v) is 2.49. The van der Waals surface area contributed by atoms with Gasteiger partial charge in [0, 0.05) is 29.8 Å². The number of nitrogens with zero attached hydrogens (tertiary/aromatic N) is 3. The first-order valence-electron chi connectivity index (χ1n) is 7.12. The van der Waals surface area contributed by atoms with Crippen LogP contribution in [0, 0.1) is 11.3 Å². The molecule has 1 aliphatic carbocycles. The molecular formula is C15H19N5O. The van der Waals surface area contributed by atoms with Gasteiger partial charge in [0.05, 0.1) is 11.8 Å². The Bertz CT molecular complexity index is 709. The third-order valence-electron chi connectivity index (χ3n) is 4.24. The monoisotopic (exact) mass is 285 g/mol. The van der Waals surface area contributed by atoms with Crippen molar-refractivity contribution >= 4 is 11.2 Å². The van der Waals surface area contributed by atoms with E-state index in [0.29, 0.717) is 23.3 Å². The topological polar surface area (TPSA) is 97.6 Å². The number of H-pyrrole nitrogens is 1. The lowest BCUT2D eigenvalue weighted by Crippen LogP contribution is -2.45. The molecular weight excluding hydrogens is 266 g/mol. The zero-order chi connectivity index (χ0) is 15.2. The summed E-state index contributed by atoms with van der Waals surface area (Å²) in [6.45, 7) is 5.59. The molecule has 6 nitrogen and oxygen atoms in total. The van der Waals surface area contributed by atoms with Crippen molar-refractivity contribution in [3.63, 3.8) is 0 Å². The van der Waals surface area contributed by atoms with Crippen molar-refractivity contribution in [2.45, 2.75) is 50.8 Å². The lowest BCUT2D eigenvalue weighted by Gasteiger charge is -2.27. The molecule has 110 valence electrons. The minimum absolute atomic E-state index is 0.0125. The maximum atomic E-state index is 9.99. The lowest BCUT2D eigenvalue weighted by atomic mass is 10.0. The Morgan fingerprint density at radius 3 is 3.00 bits per heavy atom. The Morgan fingerprint density at radius 1 is 1.57 bits per heavy atom. The second-order valence-corrected chi connectivity index (χ2v) is 6.30. The molecule has 21 heavy (non-hydrogen) atoms. The average Bonchev–Trinajstić information content (AvgIpc) is 3.06. The van der Waals surface area contributed by atoms with Crippen molar-refractivity contribution in [2.75, 3.05) is 0 Å². The molecule has 3 atom stereocenters. The minimum atomic E-state index is -0.749. The number of rotatable bonds is 4. The predicted octanol–water partition coefficient (Wildman–Crippen LogP) is 1.43. The smallest absolute Gasteiger partial charge is 0.159 e. The largest absolute Gasteiger partial charge is 0.389 e. The maximum absolute atomic E-state index is 9.99. The molecule has 2 heterocycles. The summed E-state index contributed by atoms with van der Waals surface area (Å²) in [5.41, 5.74) is 2.17. The fourth-order valence-electron chi connectivity index (χ4n) is 2.49. The van der Waals surface area contributed by atoms with Crippen LogP contribution in [-0.4, -0.2) is 37.7 Å². The number of aromatic amines is 1. The second-order valence-electron chi connectivity index (χ2n) is 6.30. The summed E-state index contributed by atoms with van der Waals surface area (Å²) >= 11 is 0. The van der Waals surface area contributed by atoms with Crippen LogP contribution in [0.4, 0.5) is 0 Å². The van der Waals surface area contributed by atoms with Gasteiger partial charge in [-0.1, -0.05) is 0 Å². The molecule has 6 heteroatoms. The Hall–Kier alpha value is -1.97. The van der Waals surface area contributed by atoms with E-state index in [1.54, 1.807) is 13.8 Å². The van der Waals surface area contributed by atoms with E-state index in [-0.39, 0.29) is 6.04 Å². The van der Waals surface area contributed by atoms with Crippen LogP contribution in [0.1, 0.15) is 44.4 Å². The molecule has 0 saturated heterocycles. The van der Waals surface area contributed by atoms with Crippen LogP contribution < -0.4 is 5.32 Å². The predicted molar refractivity (Wildman–Crippen MR) is 78.6 cm³/mol. The number of aliphatic hydroxyl groups is 1. The summed E-state index contributed by atoms with van der Waals surface area (Å²) in [6, 6.07) is 2.37. The number of nitrogens with one attached hydrogen (secondary N) is 2. The van der Waals surface area contributed by atoms with Crippen LogP contribution in [0.25, 0.3) is 11.2 Å². The Morgan fingerprint density at radius 2 is 2.33 bits per heavy atom. The van der Waals surface area contributed by atoms with Gasteiger partial charge in [0.15, 0.2) is 11.3 Å². The Labute approximate surface area is 123 Å². The summed E-state index contributed by atoms with van der Waals surface area (Å²) in [6.07, 6.45) is 4.40. The highest BCUT2D eigenvalue weighted by Crippen LogP contribution is 2.43. The first-order valence-corrected chi connectivity index (χ1v) is 7.12. The fraction of sp³-hybridized carbons (Fsp3) is 0.533. The van der Waals surface area contributed by atoms with E-state index in [1.807, 2.05) is 19.2 Å². The molecule has 0 aliphatic heterocycles. The van der Waals surface area contributed by atoms with E-state index < -0.39 is 5.60 Å². The lowest BCUT2D eigenvalue weighted by molar-refractivity contribution is 0.0434. The molecule has 0 spiro atoms. The number of fused-ring (bicyclic) bond motifs is 1. The molecule has 3 N–H and O–H groups in total. The summed E-state index contributed by atoms with van der Waals surface area (Å²) < 4.78 is 0. The summed E-state index contributed by atoms with van der Waals surface area (Å²) in [4.78, 5) is 11.7. The van der Waals surface area contributed by atoms with Gasteiger partial charge in [-0.2, -0.15) is 5.26 Å². The Balaban J connectivity index is 1.79. The quantitative estimate of drug-likeness (QED) is 0.789. The van der Waals surface area contributed by atoms with Crippen LogP contribution in [0.15, 0.2) is 12.4 Å². The van der Waals surface area contributed by atoms with Gasteiger partial charge in [-0.15, -0.1) is 0 Å². The van der Waals surface area contributed by atoms with E-state index in [4.69, 9.17) is 5.26 Å². The highest BCUT2D eigenvalue weighted by molar-refractivity contribution is 5.76. The zero-order valence-corrected chi connectivity index (χ0v) is 12.4. The molecule has 1 aliphatic rings. The molecule has 3 rings (SSSR count). The third-order valence-corrected chi connectivity index (χ3v) is 4.24. The number of nitriles is 1. The van der Waals surface area contributed by atoms with Gasteiger partial charge in [0.25, 0.3) is 0 Å². The van der Waals surface area contributed by atoms with Gasteiger partial charge in [-0.05, 0) is 27.2 Å². The van der Waals surface area contributed by atoms with Crippen LogP contribution in [0.3, 0.4) is 0 Å². The van der Waals surface area contributed by atoms with Crippen molar-refractivity contribution in [3.8, 4) is 6.07 Å². The average molecular weight is 285 g/mol. The number of hydrogen-bond acceptors (Lipinski definition) is 5. The molecule has 0 amide bonds. The third kappa shape index (κ3) is 2.62. The molecule has 1 fully saturated rings. The number of aromatic nitrogens is 3. The number of hydrogen-bond donors (Lipinski definition) is 3. The molecule has 1 saturated carbocycles. The van der Waals surface area contributed by atoms with Crippen LogP contribution in [-0.2, 0) is 0 Å². The summed E-state index contributed by atoms with van der Waals surface area (Å²) in [5, 5.41) is 22.4. The van der Waals surface area contributed by atoms with Gasteiger partial charge >= 0.3 is 0 Å². The second kappa shape index (κ2) is 4.79. The first kappa shape index (κ1) is 14.0. The normalized spacial score (nSPS) is 23.0. The standard InChI is InChI=1S/C15H19N5O/c1-8(15(2,3)21)19-12-4-10(12)11-7-18-14-13(11)20-9(5-16)6-17-14/h6-8,10,12,19,21H,4H2,1-3H3,(H,17,18). The molecule has 0 radical (unpaired) electrons. The molecule has 2 aromatic rings. The van der Waals surface area contributed by atoms with Crippen LogP contribution >= 0.6 is 0 Å². The maximum Gasteiger partial charge on any atom is 0.159 e. The highest BCUT2D eigenvalue weighted by Gasteiger charge is 2.42. The summed E-state index contributed by atoms with van der Waals surface area (Å²) in [5.74, 6) is 0.354. The van der Waals surface area contributed by atoms with Gasteiger partial charge in [-0.25, -0.2) is 9.97 Å². The zero-order valence-electron chi connectivity index (χ0n) is 12.4. The van der Waals surface area contributed by atoms with Crippen molar-refractivity contribution in [3.05, 3.63) is 23.7 Å². The van der Waals surface area contributed by atoms with E-state index in [0.717, 1.165) is 17.5 Å². The van der Waals surface area contributed by atoms with Crippen molar-refractivity contribution < 1.29 is 5.11 Å². The molecule has 3 unspecified atom stereocenters. The summed E-state index contributed by atoms with van der Waals surface area (Å²) in [7, 11) is 0. The highest BCUT2D eigenvalue weighted by atomic mass is 16.3. The van der Waals surface area contributed by atoms with Gasteiger partial charge < -0.3 is 15.4 Å². The minimum Gasteiger partial charge on any atom is -0.389 e. The van der Waals surface area contributed by atoms with E-state index in [2.05, 4.69) is 20.3 Å². The van der Waals surface area contributed by atoms with E-state index >= 15 is 0 Å². The Kier molecular flexibility index (Phi) is 3.19. The van der Waals surface area contributed by atoms with E-state index in [1.165, 1.54) is 6.20 Å². The van der Waals surface area contributed by atoms with E-state index in [9.17, 15) is 5.11 Å². The molecule has 0 aromatic carbocycles. The van der Waals surface area contributed by atoms with Gasteiger partial charge in [0.2, 0.25) is 0 Å². The van der Waals surface area contributed by atoms with Gasteiger partial charge in [0.1, 0.15) is 11.6 Å². The molecule has 2 aromatic heterocycles. The SMILES string of the molecule is CC(NC1CC1c1c[nH]c2ncc(C#N)nc12)C(C)(C)O. The van der Waals surface area contributed by atoms with Crippen LogP contribution in [0.5, 0.6) is 0 Å². The van der Waals surface area contributed by atoms with Crippen molar-refractivity contribution in [1.82, 2.24) is 20.3 Å². The van der Waals surface area contributed by atoms with Crippen molar-refractivity contribution in [1.29, 1.82) is 5.26 Å². The van der Waals surface area contributed by atoms with Crippen molar-refractivity contribution in [2.24, 2.45) is 0 Å². The van der Waals surface area contributed by atoms with Gasteiger partial charge in [-0.3, -0.25) is 0 Å². The first-order chi connectivity index (χ1) is 9.90.